The fraction of sp³-hybridized carbons (Fsp3) is 0.308. The largest absolute Gasteiger partial charge is 0.468 e. The number of nitrogens with two attached hydrogens (primary N) is 1. The molecule has 0 amide bonds. The minimum atomic E-state index is -3.05. The van der Waals surface area contributed by atoms with Crippen LogP contribution >= 0.6 is 23.2 Å². The minimum Gasteiger partial charge on any atom is -0.468 e. The van der Waals surface area contributed by atoms with Gasteiger partial charge in [0, 0.05) is 59.7 Å². The van der Waals surface area contributed by atoms with Crippen LogP contribution < -0.4 is 15.4 Å². The van der Waals surface area contributed by atoms with Crippen LogP contribution in [0, 0.1) is 22.6 Å². The van der Waals surface area contributed by atoms with E-state index in [1.807, 2.05) is 4.90 Å². The molecule has 0 saturated carbocycles. The first kappa shape index (κ1) is 26.7. The lowest BCUT2D eigenvalue weighted by Crippen LogP contribution is -2.61. The van der Waals surface area contributed by atoms with Gasteiger partial charge in [0.15, 0.2) is 27.6 Å². The Morgan fingerprint density at radius 1 is 1.20 bits per heavy atom. The molecule has 0 unspecified atom stereocenters. The molecule has 40 heavy (non-hydrogen) atoms. The van der Waals surface area contributed by atoms with Crippen LogP contribution in [-0.4, -0.2) is 53.2 Å². The number of aromatic amines is 1. The van der Waals surface area contributed by atoms with Gasteiger partial charge in [-0.15, -0.1) is 0 Å². The summed E-state index contributed by atoms with van der Waals surface area (Å²) in [6.45, 7) is 1.06. The van der Waals surface area contributed by atoms with Gasteiger partial charge in [0.2, 0.25) is 0 Å². The van der Waals surface area contributed by atoms with Crippen LogP contribution in [0.2, 0.25) is 10.0 Å². The van der Waals surface area contributed by atoms with Crippen molar-refractivity contribution in [2.45, 2.75) is 19.1 Å². The number of pyridine rings is 2. The van der Waals surface area contributed by atoms with Gasteiger partial charge < -0.3 is 9.64 Å². The monoisotopic (exact) mass is 601 g/mol. The summed E-state index contributed by atoms with van der Waals surface area (Å²) in [4.78, 5) is 10.4. The van der Waals surface area contributed by atoms with E-state index in [-0.39, 0.29) is 38.3 Å². The summed E-state index contributed by atoms with van der Waals surface area (Å²) < 4.78 is 44.9. The van der Waals surface area contributed by atoms with Crippen LogP contribution in [0.4, 0.5) is 10.2 Å². The maximum Gasteiger partial charge on any atom is 0.177 e. The van der Waals surface area contributed by atoms with Crippen molar-refractivity contribution in [1.29, 1.82) is 5.26 Å². The van der Waals surface area contributed by atoms with Crippen molar-refractivity contribution >= 4 is 49.8 Å². The van der Waals surface area contributed by atoms with Crippen LogP contribution in [0.25, 0.3) is 22.2 Å². The average molecular weight is 602 g/mol. The van der Waals surface area contributed by atoms with Gasteiger partial charge in [0.05, 0.1) is 32.6 Å². The Bertz CT molecular complexity index is 1780. The van der Waals surface area contributed by atoms with Gasteiger partial charge in [0.1, 0.15) is 17.6 Å². The highest BCUT2D eigenvalue weighted by atomic mass is 35.5. The quantitative estimate of drug-likeness (QED) is 0.317. The van der Waals surface area contributed by atoms with E-state index in [1.165, 1.54) is 24.5 Å². The molecule has 0 aliphatic carbocycles. The Labute approximate surface area is 238 Å². The molecule has 14 heteroatoms. The topological polar surface area (TPSA) is 151 Å². The number of ether oxygens (including phenoxy) is 1. The molecule has 0 bridgehead atoms. The highest BCUT2D eigenvalue weighted by molar-refractivity contribution is 7.91. The third-order valence-corrected chi connectivity index (χ3v) is 9.91. The summed E-state index contributed by atoms with van der Waals surface area (Å²) in [6, 6.07) is 6.53. The summed E-state index contributed by atoms with van der Waals surface area (Å²) in [7, 11) is -3.05. The molecule has 3 N–H and O–H groups in total. The number of rotatable bonds is 5. The van der Waals surface area contributed by atoms with Crippen molar-refractivity contribution in [2.75, 3.05) is 29.5 Å². The average Bonchev–Trinajstić information content (AvgIpc) is 3.28. The zero-order valence-electron chi connectivity index (χ0n) is 20.9. The number of halogens is 3. The number of hydrogen-bond donors (Lipinski definition) is 2. The molecule has 5 heterocycles. The molecule has 0 radical (unpaired) electrons. The number of fused-ring (bicyclic) bond motifs is 1. The molecule has 6 rings (SSSR count). The van der Waals surface area contributed by atoms with Gasteiger partial charge in [-0.05, 0) is 25.0 Å². The van der Waals surface area contributed by atoms with E-state index in [4.69, 9.17) is 33.7 Å². The summed E-state index contributed by atoms with van der Waals surface area (Å²) in [6.07, 6.45) is 4.63. The molecule has 3 aromatic heterocycles. The first-order valence-electron chi connectivity index (χ1n) is 12.3. The standard InChI is InChI=1S/C26H22Cl2FN7O3S/c27-17-9-32-10-18(28)22(17)24(31)39-21-5-16-20(6-19(21)29)34-35-23(16)15-4-14(7-30)25(33-8-15)36-11-26(12-36)2-1-3-40(37,38)13-26/h4-6,8-10,24H,1-3,11-13,31H2,(H,34,35)/t24-/m0/s1. The maximum atomic E-state index is 14.9. The van der Waals surface area contributed by atoms with Crippen molar-refractivity contribution in [1.82, 2.24) is 20.2 Å². The Hall–Kier alpha value is -3.50. The SMILES string of the molecule is N#Cc1cc(-c2n[nH]c3cc(F)c(O[C@H](N)c4c(Cl)cncc4Cl)cc23)cnc1N1CC2(CCCS(=O)(=O)C2)C1. The highest BCUT2D eigenvalue weighted by Gasteiger charge is 2.48. The molecule has 10 nitrogen and oxygen atoms in total. The summed E-state index contributed by atoms with van der Waals surface area (Å²) in [5.74, 6) is 0.0650. The van der Waals surface area contributed by atoms with Crippen molar-refractivity contribution in [2.24, 2.45) is 11.1 Å². The Morgan fingerprint density at radius 2 is 1.95 bits per heavy atom. The van der Waals surface area contributed by atoms with E-state index >= 15 is 0 Å². The number of hydrogen-bond acceptors (Lipinski definition) is 9. The second-order valence-electron chi connectivity index (χ2n) is 10.2. The molecule has 2 fully saturated rings. The van der Waals surface area contributed by atoms with E-state index < -0.39 is 21.9 Å². The van der Waals surface area contributed by atoms with Gasteiger partial charge in [-0.25, -0.2) is 17.8 Å². The first-order chi connectivity index (χ1) is 19.1. The lowest BCUT2D eigenvalue weighted by atomic mass is 9.77. The molecule has 2 aliphatic rings. The third-order valence-electron chi connectivity index (χ3n) is 7.35. The first-order valence-corrected chi connectivity index (χ1v) is 14.9. The zero-order chi connectivity index (χ0) is 28.2. The number of anilines is 1. The highest BCUT2D eigenvalue weighted by Crippen LogP contribution is 2.43. The van der Waals surface area contributed by atoms with Crippen LogP contribution in [0.15, 0.2) is 36.8 Å². The van der Waals surface area contributed by atoms with E-state index in [2.05, 4.69) is 26.2 Å². The number of aromatic nitrogens is 4. The van der Waals surface area contributed by atoms with Gasteiger partial charge >= 0.3 is 0 Å². The second-order valence-corrected chi connectivity index (χ2v) is 13.2. The second kappa shape index (κ2) is 9.85. The Balaban J connectivity index is 1.29. The smallest absolute Gasteiger partial charge is 0.177 e. The predicted molar refractivity (Wildman–Crippen MR) is 148 cm³/mol. The Morgan fingerprint density at radius 3 is 2.65 bits per heavy atom. The van der Waals surface area contributed by atoms with E-state index in [0.29, 0.717) is 53.1 Å². The number of H-pyrrole nitrogens is 1. The van der Waals surface area contributed by atoms with E-state index in [1.54, 1.807) is 12.3 Å². The minimum absolute atomic E-state index is 0.148. The molecule has 2 aliphatic heterocycles. The number of nitrogens with zero attached hydrogens (tertiary/aromatic N) is 5. The van der Waals surface area contributed by atoms with E-state index in [9.17, 15) is 18.1 Å². The molecule has 4 aromatic rings. The molecule has 1 spiro atoms. The lowest BCUT2D eigenvalue weighted by molar-refractivity contribution is 0.205. The molecule has 206 valence electrons. The molecular weight excluding hydrogens is 580 g/mol. The number of nitriles is 1. The van der Waals surface area contributed by atoms with Crippen molar-refractivity contribution in [3.05, 3.63) is 63.8 Å². The van der Waals surface area contributed by atoms with Gasteiger partial charge in [0.25, 0.3) is 0 Å². The summed E-state index contributed by atoms with van der Waals surface area (Å²) in [5.41, 5.74) is 7.81. The zero-order valence-corrected chi connectivity index (χ0v) is 23.2. The van der Waals surface area contributed by atoms with Crippen molar-refractivity contribution < 1.29 is 17.5 Å². The van der Waals surface area contributed by atoms with Crippen LogP contribution in [0.3, 0.4) is 0 Å². The number of nitrogens with one attached hydrogen (secondary N) is 1. The maximum absolute atomic E-state index is 14.9. The molecule has 1 atom stereocenters. The van der Waals surface area contributed by atoms with Crippen molar-refractivity contribution in [3.8, 4) is 23.1 Å². The normalized spacial score (nSPS) is 18.3. The third kappa shape index (κ3) is 4.73. The Kier molecular flexibility index (Phi) is 6.58. The summed E-state index contributed by atoms with van der Waals surface area (Å²) in [5, 5.41) is 17.9. The molecule has 2 saturated heterocycles. The summed E-state index contributed by atoms with van der Waals surface area (Å²) >= 11 is 12.3. The fourth-order valence-electron chi connectivity index (χ4n) is 5.58. The predicted octanol–water partition coefficient (Wildman–Crippen LogP) is 4.39. The van der Waals surface area contributed by atoms with Crippen LogP contribution in [-0.2, 0) is 9.84 Å². The number of benzene rings is 1. The van der Waals surface area contributed by atoms with Crippen LogP contribution in [0.1, 0.15) is 30.2 Å². The van der Waals surface area contributed by atoms with Gasteiger partial charge in [-0.3, -0.25) is 15.8 Å². The van der Waals surface area contributed by atoms with Gasteiger partial charge in [-0.1, -0.05) is 23.2 Å². The van der Waals surface area contributed by atoms with Crippen LogP contribution in [0.5, 0.6) is 5.75 Å². The van der Waals surface area contributed by atoms with Crippen molar-refractivity contribution in [3.63, 3.8) is 0 Å². The number of sulfone groups is 1. The fourth-order valence-corrected chi connectivity index (χ4v) is 8.15. The van der Waals surface area contributed by atoms with Gasteiger partial charge in [-0.2, -0.15) is 10.4 Å². The molecular formula is C26H22Cl2FN7O3S. The molecule has 1 aromatic carbocycles. The van der Waals surface area contributed by atoms with E-state index in [0.717, 1.165) is 6.42 Å². The lowest BCUT2D eigenvalue weighted by Gasteiger charge is -2.52.